The maximum absolute atomic E-state index is 6.14. The molecule has 0 saturated carbocycles. The van der Waals surface area contributed by atoms with Crippen LogP contribution in [-0.2, 0) is 6.54 Å². The third-order valence-corrected chi connectivity index (χ3v) is 7.01. The first-order valence-corrected chi connectivity index (χ1v) is 12.3. The van der Waals surface area contributed by atoms with Gasteiger partial charge in [0.2, 0.25) is 5.95 Å². The summed E-state index contributed by atoms with van der Waals surface area (Å²) >= 11 is 0. The normalized spacial score (nSPS) is 17.9. The van der Waals surface area contributed by atoms with Crippen molar-refractivity contribution in [3.63, 3.8) is 0 Å². The molecular formula is C28H34N6O. The van der Waals surface area contributed by atoms with Gasteiger partial charge >= 0.3 is 0 Å². The van der Waals surface area contributed by atoms with Crippen molar-refractivity contribution >= 4 is 23.3 Å². The minimum absolute atomic E-state index is 0.254. The molecule has 0 amide bonds. The number of hydrogen-bond acceptors (Lipinski definition) is 6. The number of fused-ring (bicyclic) bond motifs is 2. The number of pyridine rings is 1. The van der Waals surface area contributed by atoms with Gasteiger partial charge in [-0.15, -0.1) is 0 Å². The van der Waals surface area contributed by atoms with Crippen molar-refractivity contribution in [2.24, 2.45) is 10.4 Å². The predicted molar refractivity (Wildman–Crippen MR) is 143 cm³/mol. The van der Waals surface area contributed by atoms with Crippen LogP contribution in [0.1, 0.15) is 45.6 Å². The fraction of sp³-hybridized carbons (Fsp3) is 0.393. The number of H-pyrrole nitrogens is 1. The second kappa shape index (κ2) is 9.21. The molecule has 0 spiro atoms. The molecule has 3 heterocycles. The summed E-state index contributed by atoms with van der Waals surface area (Å²) in [6, 6.07) is 8.48. The summed E-state index contributed by atoms with van der Waals surface area (Å²) < 4.78 is 6.14. The summed E-state index contributed by atoms with van der Waals surface area (Å²) in [5.74, 6) is 1.64. The van der Waals surface area contributed by atoms with Crippen molar-refractivity contribution < 1.29 is 4.74 Å². The van der Waals surface area contributed by atoms with Crippen LogP contribution in [0.25, 0.3) is 22.3 Å². The first-order chi connectivity index (χ1) is 16.9. The molecule has 7 nitrogen and oxygen atoms in total. The fourth-order valence-corrected chi connectivity index (χ4v) is 5.01. The van der Waals surface area contributed by atoms with Crippen LogP contribution in [0.5, 0.6) is 5.75 Å². The van der Waals surface area contributed by atoms with Gasteiger partial charge in [0.1, 0.15) is 12.4 Å². The number of aromatic nitrogens is 3. The molecule has 2 N–H and O–H groups in total. The van der Waals surface area contributed by atoms with Crippen molar-refractivity contribution in [2.45, 2.75) is 46.6 Å². The molecule has 5 rings (SSSR count). The van der Waals surface area contributed by atoms with E-state index in [2.05, 4.69) is 69.9 Å². The summed E-state index contributed by atoms with van der Waals surface area (Å²) in [5, 5.41) is 3.03. The molecule has 2 aromatic heterocycles. The topological polar surface area (TPSA) is 78.4 Å². The molecule has 0 fully saturated rings. The Hall–Kier alpha value is -3.61. The summed E-state index contributed by atoms with van der Waals surface area (Å²) in [7, 11) is 1.84. The second-order valence-electron chi connectivity index (χ2n) is 10.1. The van der Waals surface area contributed by atoms with E-state index in [-0.39, 0.29) is 5.41 Å². The van der Waals surface area contributed by atoms with Crippen LogP contribution in [0.4, 0.5) is 5.95 Å². The van der Waals surface area contributed by atoms with Crippen molar-refractivity contribution in [3.05, 3.63) is 59.6 Å². The van der Waals surface area contributed by atoms with Gasteiger partial charge in [-0.3, -0.25) is 4.99 Å². The third kappa shape index (κ3) is 4.67. The molecule has 0 radical (unpaired) electrons. The molecule has 182 valence electrons. The number of ether oxygens (including phenoxy) is 1. The highest BCUT2D eigenvalue weighted by atomic mass is 16.5. The SMILES string of the molecule is C=C(C1=C(N=CC)CCC(C)(C)C1)N1CCOc2ccc(-c3cnc4nc(NC)[nH]c4c3)cc2C1. The van der Waals surface area contributed by atoms with E-state index < -0.39 is 0 Å². The monoisotopic (exact) mass is 470 g/mol. The maximum atomic E-state index is 6.14. The molecule has 0 atom stereocenters. The van der Waals surface area contributed by atoms with Crippen molar-refractivity contribution in [3.8, 4) is 16.9 Å². The van der Waals surface area contributed by atoms with Crippen LogP contribution < -0.4 is 10.1 Å². The number of aromatic amines is 1. The van der Waals surface area contributed by atoms with Crippen molar-refractivity contribution in [1.29, 1.82) is 0 Å². The van der Waals surface area contributed by atoms with E-state index in [1.54, 1.807) is 0 Å². The second-order valence-corrected chi connectivity index (χ2v) is 10.1. The van der Waals surface area contributed by atoms with E-state index in [4.69, 9.17) is 9.73 Å². The Morgan fingerprint density at radius 1 is 1.29 bits per heavy atom. The molecule has 1 aliphatic heterocycles. The lowest BCUT2D eigenvalue weighted by Gasteiger charge is -2.36. The van der Waals surface area contributed by atoms with Gasteiger partial charge in [0.15, 0.2) is 5.65 Å². The fourth-order valence-electron chi connectivity index (χ4n) is 5.01. The lowest BCUT2D eigenvalue weighted by atomic mass is 9.75. The largest absolute Gasteiger partial charge is 0.491 e. The van der Waals surface area contributed by atoms with Crippen LogP contribution in [0.3, 0.4) is 0 Å². The summed E-state index contributed by atoms with van der Waals surface area (Å²) in [6.07, 6.45) is 6.92. The molecule has 0 unspecified atom stereocenters. The minimum Gasteiger partial charge on any atom is -0.491 e. The van der Waals surface area contributed by atoms with E-state index in [9.17, 15) is 0 Å². The van der Waals surface area contributed by atoms with Gasteiger partial charge in [-0.1, -0.05) is 26.5 Å². The van der Waals surface area contributed by atoms with Gasteiger partial charge < -0.3 is 19.9 Å². The average Bonchev–Trinajstić information content (AvgIpc) is 3.15. The van der Waals surface area contributed by atoms with Crippen molar-refractivity contribution in [2.75, 3.05) is 25.5 Å². The number of rotatable bonds is 5. The van der Waals surface area contributed by atoms with Gasteiger partial charge in [0, 0.05) is 48.5 Å². The first-order valence-electron chi connectivity index (χ1n) is 12.3. The number of imidazole rings is 1. The van der Waals surface area contributed by atoms with Gasteiger partial charge in [-0.2, -0.15) is 4.98 Å². The average molecular weight is 471 g/mol. The van der Waals surface area contributed by atoms with E-state index in [1.165, 1.54) is 11.3 Å². The Balaban J connectivity index is 1.45. The molecule has 7 heteroatoms. The van der Waals surface area contributed by atoms with E-state index in [1.807, 2.05) is 26.4 Å². The summed E-state index contributed by atoms with van der Waals surface area (Å²) in [4.78, 5) is 19.3. The number of allylic oxidation sites excluding steroid dienone is 2. The molecule has 1 aliphatic carbocycles. The Morgan fingerprint density at radius 3 is 2.94 bits per heavy atom. The number of hydrogen-bond donors (Lipinski definition) is 2. The van der Waals surface area contributed by atoms with Crippen LogP contribution >= 0.6 is 0 Å². The van der Waals surface area contributed by atoms with Crippen molar-refractivity contribution in [1.82, 2.24) is 19.9 Å². The van der Waals surface area contributed by atoms with Crippen LogP contribution in [-0.4, -0.2) is 46.3 Å². The smallest absolute Gasteiger partial charge is 0.202 e. The maximum Gasteiger partial charge on any atom is 0.202 e. The van der Waals surface area contributed by atoms with Gasteiger partial charge in [0.05, 0.1) is 12.1 Å². The quantitative estimate of drug-likeness (QED) is 0.452. The molecule has 35 heavy (non-hydrogen) atoms. The number of anilines is 1. The Kier molecular flexibility index (Phi) is 6.09. The Morgan fingerprint density at radius 2 is 2.14 bits per heavy atom. The number of aliphatic imine (C=N–C) groups is 1. The zero-order valence-electron chi connectivity index (χ0n) is 21.1. The minimum atomic E-state index is 0.254. The first kappa shape index (κ1) is 23.1. The third-order valence-electron chi connectivity index (χ3n) is 7.01. The highest BCUT2D eigenvalue weighted by Crippen LogP contribution is 2.43. The molecular weight excluding hydrogens is 436 g/mol. The zero-order valence-corrected chi connectivity index (χ0v) is 21.1. The standard InChI is InChI=1S/C28H34N6O/c1-6-30-23-9-10-28(3,4)15-22(23)18(2)34-11-12-35-25-8-7-19(13-21(25)17-34)20-14-24-26(31-16-20)33-27(29-5)32-24/h6-8,13-14,16H,2,9-12,15,17H2,1,3-5H3,(H2,29,31,32,33). The summed E-state index contributed by atoms with van der Waals surface area (Å²) in [6.45, 7) is 13.4. The number of benzene rings is 1. The van der Waals surface area contributed by atoms with Crippen LogP contribution in [0, 0.1) is 5.41 Å². The van der Waals surface area contributed by atoms with E-state index in [0.29, 0.717) is 18.2 Å². The van der Waals surface area contributed by atoms with Crippen LogP contribution in [0.15, 0.2) is 59.0 Å². The Bertz CT molecular complexity index is 1330. The predicted octanol–water partition coefficient (Wildman–Crippen LogP) is 5.93. The number of nitrogens with zero attached hydrogens (tertiary/aromatic N) is 4. The lowest BCUT2D eigenvalue weighted by Crippen LogP contribution is -2.29. The summed E-state index contributed by atoms with van der Waals surface area (Å²) in [5.41, 5.74) is 8.69. The van der Waals surface area contributed by atoms with E-state index >= 15 is 0 Å². The molecule has 0 saturated heterocycles. The molecule has 0 bridgehead atoms. The Labute approximate surface area is 207 Å². The van der Waals surface area contributed by atoms with Gasteiger partial charge in [0.25, 0.3) is 0 Å². The zero-order chi connectivity index (χ0) is 24.6. The van der Waals surface area contributed by atoms with Gasteiger partial charge in [-0.25, -0.2) is 4.98 Å². The van der Waals surface area contributed by atoms with Crippen LogP contribution in [0.2, 0.25) is 0 Å². The highest BCUT2D eigenvalue weighted by molar-refractivity contribution is 5.80. The van der Waals surface area contributed by atoms with Gasteiger partial charge in [-0.05, 0) is 60.9 Å². The molecule has 2 aliphatic rings. The number of nitrogens with one attached hydrogen (secondary N) is 2. The highest BCUT2D eigenvalue weighted by Gasteiger charge is 2.30. The lowest BCUT2D eigenvalue weighted by molar-refractivity contribution is 0.257. The van der Waals surface area contributed by atoms with E-state index in [0.717, 1.165) is 66.0 Å². The molecule has 1 aromatic carbocycles. The molecule has 3 aromatic rings.